The van der Waals surface area contributed by atoms with Gasteiger partial charge in [-0.1, -0.05) is 18.2 Å². The number of halogens is 1. The highest BCUT2D eigenvalue weighted by Gasteiger charge is 2.45. The average molecular weight is 530 g/mol. The summed E-state index contributed by atoms with van der Waals surface area (Å²) in [6.45, 7) is 6.01. The first kappa shape index (κ1) is 29.1. The van der Waals surface area contributed by atoms with E-state index in [2.05, 4.69) is 15.8 Å². The van der Waals surface area contributed by atoms with Gasteiger partial charge in [0.25, 0.3) is 5.91 Å². The molecule has 1 atom stereocenters. The van der Waals surface area contributed by atoms with Gasteiger partial charge in [0, 0.05) is 31.6 Å². The third-order valence-corrected chi connectivity index (χ3v) is 5.70. The van der Waals surface area contributed by atoms with Gasteiger partial charge in [-0.3, -0.25) is 15.0 Å². The summed E-state index contributed by atoms with van der Waals surface area (Å²) in [5.74, 6) is -0.303. The fourth-order valence-corrected chi connectivity index (χ4v) is 3.76. The number of carbonyl (C=O) groups is 2. The first-order chi connectivity index (χ1) is 18.1. The fraction of sp³-hybridized carbons (Fsp3) is 0.464. The summed E-state index contributed by atoms with van der Waals surface area (Å²) < 4.78 is 30.7. The Hall–Kier alpha value is -3.50. The number of hydrogen-bond acceptors (Lipinski definition) is 8. The molecule has 3 rings (SSSR count). The van der Waals surface area contributed by atoms with E-state index in [9.17, 15) is 14.0 Å². The predicted molar refractivity (Wildman–Crippen MR) is 140 cm³/mol. The molecule has 0 aromatic heterocycles. The van der Waals surface area contributed by atoms with Gasteiger partial charge in [-0.2, -0.15) is 0 Å². The van der Waals surface area contributed by atoms with Crippen molar-refractivity contribution in [3.63, 3.8) is 0 Å². The molecular formula is C28H36FN3O6. The van der Waals surface area contributed by atoms with Gasteiger partial charge in [0.2, 0.25) is 5.90 Å². The van der Waals surface area contributed by atoms with Crippen molar-refractivity contribution in [3.05, 3.63) is 65.5 Å². The molecule has 1 amide bonds. The zero-order chi connectivity index (χ0) is 27.6. The Bertz CT molecular complexity index is 1120. The number of rotatable bonds is 13. The van der Waals surface area contributed by atoms with E-state index in [-0.39, 0.29) is 37.8 Å². The molecule has 9 nitrogen and oxygen atoms in total. The summed E-state index contributed by atoms with van der Waals surface area (Å²) in [4.78, 5) is 30.3. The van der Waals surface area contributed by atoms with Crippen molar-refractivity contribution >= 4 is 17.8 Å². The number of ether oxygens (including phenoxy) is 3. The van der Waals surface area contributed by atoms with E-state index < -0.39 is 23.0 Å². The van der Waals surface area contributed by atoms with Crippen molar-refractivity contribution in [2.45, 2.75) is 57.6 Å². The maximum absolute atomic E-state index is 13.9. The summed E-state index contributed by atoms with van der Waals surface area (Å²) >= 11 is 0. The van der Waals surface area contributed by atoms with Crippen LogP contribution in [-0.4, -0.2) is 60.4 Å². The molecule has 0 bridgehead atoms. The zero-order valence-electron chi connectivity index (χ0n) is 22.1. The van der Waals surface area contributed by atoms with Crippen LogP contribution in [0.4, 0.5) is 4.39 Å². The zero-order valence-corrected chi connectivity index (χ0v) is 22.1. The van der Waals surface area contributed by atoms with E-state index in [1.165, 1.54) is 6.07 Å². The van der Waals surface area contributed by atoms with E-state index in [1.54, 1.807) is 63.2 Å². The van der Waals surface area contributed by atoms with Gasteiger partial charge in [-0.25, -0.2) is 14.8 Å². The van der Waals surface area contributed by atoms with Crippen molar-refractivity contribution in [1.82, 2.24) is 10.9 Å². The number of aliphatic hydroxyl groups is 1. The van der Waals surface area contributed by atoms with E-state index >= 15 is 0 Å². The maximum Gasteiger partial charge on any atom is 0.306 e. The van der Waals surface area contributed by atoms with Crippen LogP contribution in [0.1, 0.15) is 51.2 Å². The molecule has 0 spiro atoms. The molecule has 2 aromatic rings. The molecular weight excluding hydrogens is 493 g/mol. The average Bonchev–Trinajstić information content (AvgIpc) is 3.32. The normalized spacial score (nSPS) is 16.9. The topological polar surface area (TPSA) is 118 Å². The smallest absolute Gasteiger partial charge is 0.306 e. The van der Waals surface area contributed by atoms with Crippen LogP contribution in [0.3, 0.4) is 0 Å². The molecule has 2 aromatic carbocycles. The van der Waals surface area contributed by atoms with Crippen LogP contribution < -0.4 is 15.6 Å². The second-order valence-electron chi connectivity index (χ2n) is 10.00. The van der Waals surface area contributed by atoms with Gasteiger partial charge >= 0.3 is 5.97 Å². The van der Waals surface area contributed by atoms with Gasteiger partial charge in [0.1, 0.15) is 23.8 Å². The monoisotopic (exact) mass is 529 g/mol. The first-order valence-corrected chi connectivity index (χ1v) is 12.7. The Balaban J connectivity index is 1.69. The number of carbonyl (C=O) groups excluding carboxylic acids is 2. The molecule has 3 N–H and O–H groups in total. The van der Waals surface area contributed by atoms with Crippen LogP contribution >= 0.6 is 0 Å². The predicted octanol–water partition coefficient (Wildman–Crippen LogP) is 3.09. The molecule has 10 heteroatoms. The molecule has 38 heavy (non-hydrogen) atoms. The van der Waals surface area contributed by atoms with Gasteiger partial charge in [0.15, 0.2) is 5.54 Å². The van der Waals surface area contributed by atoms with Gasteiger partial charge in [-0.05, 0) is 69.5 Å². The lowest BCUT2D eigenvalue weighted by molar-refractivity contribution is -0.155. The number of benzene rings is 2. The van der Waals surface area contributed by atoms with Crippen molar-refractivity contribution in [2.75, 3.05) is 26.4 Å². The molecule has 0 aliphatic carbocycles. The summed E-state index contributed by atoms with van der Waals surface area (Å²) in [6, 6.07) is 13.5. The van der Waals surface area contributed by atoms with Gasteiger partial charge in [0.05, 0.1) is 6.61 Å². The molecule has 1 heterocycles. The van der Waals surface area contributed by atoms with Gasteiger partial charge < -0.3 is 19.3 Å². The lowest BCUT2D eigenvalue weighted by Gasteiger charge is -2.24. The third-order valence-electron chi connectivity index (χ3n) is 5.70. The number of esters is 1. The number of nitrogens with zero attached hydrogens (tertiary/aromatic N) is 1. The SMILES string of the molecule is CC(C)(C)OC(=O)CC[C@@]1(C(=O)NNCCc2ccccc2F)COC(c2ccc(OCCCO)cc2)=N1. The fourth-order valence-electron chi connectivity index (χ4n) is 3.76. The largest absolute Gasteiger partial charge is 0.494 e. The number of amides is 1. The third kappa shape index (κ3) is 8.53. The first-order valence-electron chi connectivity index (χ1n) is 12.7. The van der Waals surface area contributed by atoms with Crippen molar-refractivity contribution in [2.24, 2.45) is 4.99 Å². The maximum atomic E-state index is 13.9. The summed E-state index contributed by atoms with van der Waals surface area (Å²) in [5.41, 5.74) is 4.66. The number of nitrogens with one attached hydrogen (secondary N) is 2. The minimum atomic E-state index is -1.35. The highest BCUT2D eigenvalue weighted by molar-refractivity contribution is 6.00. The van der Waals surface area contributed by atoms with Crippen LogP contribution in [0.15, 0.2) is 53.5 Å². The Morgan fingerprint density at radius 3 is 2.58 bits per heavy atom. The second-order valence-corrected chi connectivity index (χ2v) is 10.00. The molecule has 0 saturated carbocycles. The number of hydrogen-bond donors (Lipinski definition) is 3. The Morgan fingerprint density at radius 2 is 1.89 bits per heavy atom. The standard InChI is InChI=1S/C28H36FN3O6/c1-27(2,3)38-24(34)13-15-28(26(35)32-30-16-14-20-7-4-5-8-23(20)29)19-37-25(31-28)21-9-11-22(12-10-21)36-18-6-17-33/h4-5,7-12,30,33H,6,13-19H2,1-3H3,(H,32,35)/t28-/m0/s1. The molecule has 1 aliphatic rings. The van der Waals surface area contributed by atoms with E-state index in [0.29, 0.717) is 42.9 Å². The Labute approximate surface area is 222 Å². The minimum Gasteiger partial charge on any atom is -0.494 e. The lowest BCUT2D eigenvalue weighted by atomic mass is 9.94. The highest BCUT2D eigenvalue weighted by Crippen LogP contribution is 2.28. The molecule has 0 radical (unpaired) electrons. The van der Waals surface area contributed by atoms with Crippen LogP contribution in [0.2, 0.25) is 0 Å². The lowest BCUT2D eigenvalue weighted by Crippen LogP contribution is -2.52. The quantitative estimate of drug-likeness (QED) is 0.207. The molecule has 0 saturated heterocycles. The van der Waals surface area contributed by atoms with Crippen molar-refractivity contribution in [1.29, 1.82) is 0 Å². The number of hydrazine groups is 1. The number of aliphatic hydroxyl groups excluding tert-OH is 1. The van der Waals surface area contributed by atoms with E-state index in [4.69, 9.17) is 19.3 Å². The van der Waals surface area contributed by atoms with E-state index in [1.807, 2.05) is 0 Å². The molecule has 206 valence electrons. The highest BCUT2D eigenvalue weighted by atomic mass is 19.1. The Kier molecular flexibility index (Phi) is 10.2. The second kappa shape index (κ2) is 13.3. The molecule has 0 unspecified atom stereocenters. The van der Waals surface area contributed by atoms with Crippen LogP contribution in [0.5, 0.6) is 5.75 Å². The number of aliphatic imine (C=N–C) groups is 1. The van der Waals surface area contributed by atoms with Crippen LogP contribution in [-0.2, 0) is 25.5 Å². The van der Waals surface area contributed by atoms with Crippen LogP contribution in [0.25, 0.3) is 0 Å². The van der Waals surface area contributed by atoms with E-state index in [0.717, 1.165) is 0 Å². The summed E-state index contributed by atoms with van der Waals surface area (Å²) in [6.07, 6.45) is 0.947. The van der Waals surface area contributed by atoms with Crippen molar-refractivity contribution in [3.8, 4) is 5.75 Å². The minimum absolute atomic E-state index is 0.0301. The molecule has 0 fully saturated rings. The summed E-state index contributed by atoms with van der Waals surface area (Å²) in [5, 5.41) is 8.90. The van der Waals surface area contributed by atoms with Crippen LogP contribution in [0, 0.1) is 5.82 Å². The van der Waals surface area contributed by atoms with Gasteiger partial charge in [-0.15, -0.1) is 0 Å². The Morgan fingerprint density at radius 1 is 1.16 bits per heavy atom. The van der Waals surface area contributed by atoms with Crippen molar-refractivity contribution < 1.29 is 33.3 Å². The molecule has 1 aliphatic heterocycles. The summed E-state index contributed by atoms with van der Waals surface area (Å²) in [7, 11) is 0.